The van der Waals surface area contributed by atoms with Crippen molar-refractivity contribution in [2.24, 2.45) is 34.5 Å². The van der Waals surface area contributed by atoms with E-state index in [4.69, 9.17) is 4.74 Å². The zero-order valence-electron chi connectivity index (χ0n) is 20.5. The van der Waals surface area contributed by atoms with Gasteiger partial charge in [0.1, 0.15) is 6.10 Å². The van der Waals surface area contributed by atoms with Crippen LogP contribution in [0.15, 0.2) is 30.4 Å². The number of hydrogen-bond donors (Lipinski definition) is 1. The second kappa shape index (κ2) is 8.50. The maximum Gasteiger partial charge on any atom is 0.419 e. The standard InChI is InChI=1S/C27H29F6NO3/c1-24-12-10-16-14(6-9-20-25(16,2)13-11-21(35)37-20)15(24)7-8-18(24)23(36)34-19-5-3-4-17(26(28,29)30)22(19)27(31,32)33/h3-5,11,13-16,18,20H,6-10,12H2,1-2H3,(H,34,36)/t14-,15-,16-,18+,20+,24-,25+/m0/s1. The lowest BCUT2D eigenvalue weighted by molar-refractivity contribution is -0.167. The molecule has 3 aliphatic carbocycles. The first-order valence-corrected chi connectivity index (χ1v) is 12.6. The topological polar surface area (TPSA) is 55.4 Å². The highest BCUT2D eigenvalue weighted by Gasteiger charge is 2.61. The molecule has 10 heteroatoms. The van der Waals surface area contributed by atoms with Crippen molar-refractivity contribution in [2.75, 3.05) is 5.32 Å². The first kappa shape index (κ1) is 26.1. The molecule has 0 unspecified atom stereocenters. The molecule has 4 aliphatic rings. The van der Waals surface area contributed by atoms with Crippen molar-refractivity contribution in [1.82, 2.24) is 0 Å². The molecule has 1 aromatic rings. The Hall–Kier alpha value is -2.52. The average molecular weight is 530 g/mol. The maximum absolute atomic E-state index is 13.7. The Kier molecular flexibility index (Phi) is 5.99. The van der Waals surface area contributed by atoms with Gasteiger partial charge in [-0.2, -0.15) is 26.3 Å². The highest BCUT2D eigenvalue weighted by atomic mass is 19.4. The highest BCUT2D eigenvalue weighted by molar-refractivity contribution is 5.94. The number of anilines is 1. The van der Waals surface area contributed by atoms with E-state index >= 15 is 0 Å². The number of ether oxygens (including phenoxy) is 1. The molecular formula is C27H29F6NO3. The molecule has 3 fully saturated rings. The Morgan fingerprint density at radius 2 is 1.70 bits per heavy atom. The highest BCUT2D eigenvalue weighted by Crippen LogP contribution is 2.65. The molecular weight excluding hydrogens is 500 g/mol. The molecule has 1 amide bonds. The van der Waals surface area contributed by atoms with Crippen molar-refractivity contribution < 1.29 is 40.7 Å². The number of carbonyl (C=O) groups is 2. The number of esters is 1. The molecule has 0 bridgehead atoms. The number of hydrogen-bond acceptors (Lipinski definition) is 3. The lowest BCUT2D eigenvalue weighted by atomic mass is 9.48. The van der Waals surface area contributed by atoms with E-state index in [9.17, 15) is 35.9 Å². The molecule has 1 aliphatic heterocycles. The number of alkyl halides is 6. The van der Waals surface area contributed by atoms with E-state index in [2.05, 4.69) is 12.2 Å². The molecule has 3 saturated carbocycles. The predicted octanol–water partition coefficient (Wildman–Crippen LogP) is 7.00. The number of rotatable bonds is 2. The SMILES string of the molecule is C[C@]12C=CC(=O)O[C@@H]1CC[C@@H]1[C@@H]2CC[C@]2(C)[C@@H](C(=O)Nc3cccc(C(F)(F)F)c3C(F)(F)F)CC[C@@H]12. The third-order valence-corrected chi connectivity index (χ3v) is 9.76. The predicted molar refractivity (Wildman–Crippen MR) is 122 cm³/mol. The van der Waals surface area contributed by atoms with Crippen LogP contribution in [0.3, 0.4) is 0 Å². The van der Waals surface area contributed by atoms with Crippen molar-refractivity contribution in [3.63, 3.8) is 0 Å². The van der Waals surface area contributed by atoms with Crippen molar-refractivity contribution in [2.45, 2.75) is 70.8 Å². The fourth-order valence-electron chi connectivity index (χ4n) is 8.05. The first-order valence-electron chi connectivity index (χ1n) is 12.6. The van der Waals surface area contributed by atoms with Crippen molar-refractivity contribution >= 4 is 17.6 Å². The molecule has 0 aromatic heterocycles. The molecule has 202 valence electrons. The Balaban J connectivity index is 1.41. The minimum absolute atomic E-state index is 0.148. The minimum atomic E-state index is -5.29. The van der Waals surface area contributed by atoms with Crippen LogP contribution < -0.4 is 5.32 Å². The van der Waals surface area contributed by atoms with Gasteiger partial charge in [-0.05, 0) is 73.8 Å². The zero-order valence-corrected chi connectivity index (χ0v) is 20.5. The fourth-order valence-corrected chi connectivity index (χ4v) is 8.05. The van der Waals surface area contributed by atoms with Gasteiger partial charge in [-0.15, -0.1) is 0 Å². The van der Waals surface area contributed by atoms with Gasteiger partial charge in [0.05, 0.1) is 16.8 Å². The van der Waals surface area contributed by atoms with Crippen molar-refractivity contribution in [1.29, 1.82) is 0 Å². The number of halogens is 6. The van der Waals surface area contributed by atoms with Crippen LogP contribution in [0.25, 0.3) is 0 Å². The van der Waals surface area contributed by atoms with Gasteiger partial charge in [0.2, 0.25) is 5.91 Å². The lowest BCUT2D eigenvalue weighted by Crippen LogP contribution is -2.55. The van der Waals surface area contributed by atoms with Crippen molar-refractivity contribution in [3.8, 4) is 0 Å². The zero-order chi connectivity index (χ0) is 27.0. The van der Waals surface area contributed by atoms with E-state index in [1.165, 1.54) is 6.08 Å². The van der Waals surface area contributed by atoms with E-state index in [0.717, 1.165) is 25.0 Å². The molecule has 0 saturated heterocycles. The van der Waals surface area contributed by atoms with Gasteiger partial charge in [-0.25, -0.2) is 4.79 Å². The third-order valence-electron chi connectivity index (χ3n) is 9.76. The van der Waals surface area contributed by atoms with Crippen LogP contribution in [0.1, 0.15) is 63.5 Å². The molecule has 5 rings (SSSR count). The molecule has 0 spiro atoms. The van der Waals surface area contributed by atoms with Gasteiger partial charge in [0.25, 0.3) is 0 Å². The summed E-state index contributed by atoms with van der Waals surface area (Å²) in [6.07, 6.45) is -3.13. The molecule has 0 radical (unpaired) electrons. The molecule has 1 aromatic carbocycles. The van der Waals surface area contributed by atoms with Gasteiger partial charge < -0.3 is 10.1 Å². The maximum atomic E-state index is 13.7. The summed E-state index contributed by atoms with van der Waals surface area (Å²) in [5.74, 6) is -0.963. The quantitative estimate of drug-likeness (QED) is 0.332. The summed E-state index contributed by atoms with van der Waals surface area (Å²) in [5, 5.41) is 2.23. The van der Waals surface area contributed by atoms with E-state index < -0.39 is 46.4 Å². The lowest BCUT2D eigenvalue weighted by Gasteiger charge is -2.58. The molecule has 1 heterocycles. The summed E-state index contributed by atoms with van der Waals surface area (Å²) in [6, 6.07) is 2.13. The second-order valence-corrected chi connectivity index (χ2v) is 11.5. The number of amides is 1. The van der Waals surface area contributed by atoms with Crippen LogP contribution in [0, 0.1) is 34.5 Å². The molecule has 7 atom stereocenters. The van der Waals surface area contributed by atoms with Gasteiger partial charge in [-0.1, -0.05) is 26.0 Å². The Morgan fingerprint density at radius 3 is 2.38 bits per heavy atom. The fraction of sp³-hybridized carbons (Fsp3) is 0.630. The number of benzene rings is 1. The number of carbonyl (C=O) groups excluding carboxylic acids is 2. The van der Waals surface area contributed by atoms with Gasteiger partial charge in [0.15, 0.2) is 0 Å². The van der Waals surface area contributed by atoms with E-state index in [0.29, 0.717) is 31.7 Å². The smallest absolute Gasteiger partial charge is 0.419 e. The van der Waals surface area contributed by atoms with Crippen LogP contribution in [0.5, 0.6) is 0 Å². The largest absolute Gasteiger partial charge is 0.458 e. The summed E-state index contributed by atoms with van der Waals surface area (Å²) in [6.45, 7) is 4.10. The molecule has 4 nitrogen and oxygen atoms in total. The molecule has 1 N–H and O–H groups in total. The molecule has 37 heavy (non-hydrogen) atoms. The Morgan fingerprint density at radius 1 is 0.973 bits per heavy atom. The number of nitrogens with one attached hydrogen (secondary N) is 1. The number of fused-ring (bicyclic) bond motifs is 5. The van der Waals surface area contributed by atoms with E-state index in [-0.39, 0.29) is 35.2 Å². The van der Waals surface area contributed by atoms with Crippen molar-refractivity contribution in [3.05, 3.63) is 41.5 Å². The summed E-state index contributed by atoms with van der Waals surface area (Å²) in [4.78, 5) is 25.2. The summed E-state index contributed by atoms with van der Waals surface area (Å²) in [7, 11) is 0. The summed E-state index contributed by atoms with van der Waals surface area (Å²) < 4.78 is 86.8. The Bertz CT molecular complexity index is 1140. The first-order chi connectivity index (χ1) is 17.2. The monoisotopic (exact) mass is 529 g/mol. The van der Waals surface area contributed by atoms with Crippen LogP contribution in [0.2, 0.25) is 0 Å². The third kappa shape index (κ3) is 4.14. The van der Waals surface area contributed by atoms with Crippen LogP contribution in [-0.2, 0) is 26.7 Å². The Labute approximate surface area is 210 Å². The van der Waals surface area contributed by atoms with Gasteiger partial charge >= 0.3 is 18.3 Å². The van der Waals surface area contributed by atoms with E-state index in [1.807, 2.05) is 13.0 Å². The normalized spacial score (nSPS) is 37.3. The van der Waals surface area contributed by atoms with Crippen LogP contribution in [0.4, 0.5) is 32.0 Å². The minimum Gasteiger partial charge on any atom is -0.458 e. The van der Waals surface area contributed by atoms with Gasteiger partial charge in [0, 0.05) is 17.4 Å². The van der Waals surface area contributed by atoms with Crippen LogP contribution in [-0.4, -0.2) is 18.0 Å². The van der Waals surface area contributed by atoms with E-state index in [1.54, 1.807) is 0 Å². The van der Waals surface area contributed by atoms with Crippen LogP contribution >= 0.6 is 0 Å². The van der Waals surface area contributed by atoms with Gasteiger partial charge in [-0.3, -0.25) is 4.79 Å². The average Bonchev–Trinajstić information content (AvgIpc) is 3.15. The second-order valence-electron chi connectivity index (χ2n) is 11.5. The summed E-state index contributed by atoms with van der Waals surface area (Å²) >= 11 is 0. The summed E-state index contributed by atoms with van der Waals surface area (Å²) in [5.41, 5.74) is -5.35.